The van der Waals surface area contributed by atoms with Gasteiger partial charge in [0, 0.05) is 35.2 Å². The molecule has 4 fully saturated rings. The Balaban J connectivity index is 1.19. The number of hydrogen-bond donors (Lipinski definition) is 5. The highest BCUT2D eigenvalue weighted by molar-refractivity contribution is 6.14. The van der Waals surface area contributed by atoms with E-state index in [0.717, 1.165) is 63.0 Å². The third-order valence-electron chi connectivity index (χ3n) is 7.41. The summed E-state index contributed by atoms with van der Waals surface area (Å²) in [6.45, 7) is 2.04. The second kappa shape index (κ2) is 8.24. The quantitative estimate of drug-likeness (QED) is 0.303. The minimum atomic E-state index is -0.540. The Kier molecular flexibility index (Phi) is 5.15. The van der Waals surface area contributed by atoms with Gasteiger partial charge < -0.3 is 21.3 Å². The first-order valence-corrected chi connectivity index (χ1v) is 12.4. The largest absolute Gasteiger partial charge is 0.367 e. The molecule has 35 heavy (non-hydrogen) atoms. The summed E-state index contributed by atoms with van der Waals surface area (Å²) in [5, 5.41) is 19.5. The van der Waals surface area contributed by atoms with E-state index in [9.17, 15) is 14.4 Å². The van der Waals surface area contributed by atoms with Crippen molar-refractivity contribution < 1.29 is 14.4 Å². The maximum absolute atomic E-state index is 12.4. The average Bonchev–Trinajstić information content (AvgIpc) is 3.73. The van der Waals surface area contributed by atoms with Gasteiger partial charge in [-0.15, -0.1) is 0 Å². The predicted molar refractivity (Wildman–Crippen MR) is 129 cm³/mol. The third kappa shape index (κ3) is 4.54. The first-order valence-electron chi connectivity index (χ1n) is 12.4. The number of amides is 4. The second-order valence-corrected chi connectivity index (χ2v) is 10.5. The molecule has 3 heterocycles. The molecule has 0 radical (unpaired) electrons. The fourth-order valence-electron chi connectivity index (χ4n) is 4.70. The van der Waals surface area contributed by atoms with Gasteiger partial charge in [-0.1, -0.05) is 6.92 Å². The zero-order chi connectivity index (χ0) is 24.2. The number of urea groups is 1. The summed E-state index contributed by atoms with van der Waals surface area (Å²) in [7, 11) is 0. The zero-order valence-corrected chi connectivity index (χ0v) is 19.7. The fraction of sp³-hybridized carbons (Fsp3) is 0.542. The molecule has 184 valence electrons. The first kappa shape index (κ1) is 21.9. The second-order valence-electron chi connectivity index (χ2n) is 10.5. The maximum atomic E-state index is 12.4. The molecule has 3 aliphatic carbocycles. The normalized spacial score (nSPS) is 26.4. The van der Waals surface area contributed by atoms with Crippen LogP contribution in [0.25, 0.3) is 11.7 Å². The molecular formula is C24H30N8O3. The summed E-state index contributed by atoms with van der Waals surface area (Å²) < 4.78 is 1.73. The monoisotopic (exact) mass is 478 g/mol. The Morgan fingerprint density at radius 2 is 1.74 bits per heavy atom. The number of nitrogens with one attached hydrogen (secondary N) is 5. The van der Waals surface area contributed by atoms with Crippen LogP contribution in [-0.2, 0) is 9.59 Å². The Morgan fingerprint density at radius 3 is 2.40 bits per heavy atom. The number of aromatic nitrogens is 3. The van der Waals surface area contributed by atoms with E-state index in [4.69, 9.17) is 4.98 Å². The minimum absolute atomic E-state index is 0.139. The Bertz CT molecular complexity index is 1230. The van der Waals surface area contributed by atoms with Crippen LogP contribution < -0.4 is 26.6 Å². The van der Waals surface area contributed by atoms with E-state index >= 15 is 0 Å². The lowest BCUT2D eigenvalue weighted by Gasteiger charge is -2.30. The molecule has 1 saturated heterocycles. The molecule has 11 nitrogen and oxygen atoms in total. The van der Waals surface area contributed by atoms with E-state index in [1.165, 1.54) is 0 Å². The van der Waals surface area contributed by atoms with E-state index in [1.807, 2.05) is 13.0 Å². The molecule has 0 spiro atoms. The lowest BCUT2D eigenvalue weighted by molar-refractivity contribution is -0.126. The number of anilines is 2. The van der Waals surface area contributed by atoms with Crippen molar-refractivity contribution in [2.24, 2.45) is 5.41 Å². The van der Waals surface area contributed by atoms with Gasteiger partial charge in [0.25, 0.3) is 5.91 Å². The first-order chi connectivity index (χ1) is 16.9. The van der Waals surface area contributed by atoms with Crippen LogP contribution in [0.5, 0.6) is 0 Å². The summed E-state index contributed by atoms with van der Waals surface area (Å²) in [5.41, 5.74) is 1.26. The van der Waals surface area contributed by atoms with Gasteiger partial charge in [0.1, 0.15) is 17.3 Å². The van der Waals surface area contributed by atoms with E-state index in [2.05, 4.69) is 31.7 Å². The van der Waals surface area contributed by atoms with E-state index in [0.29, 0.717) is 17.3 Å². The standard InChI is InChI=1S/C24H30N8O3/c1-24(8-9-24)22(34)28-16-6-2-14(3-7-16)26-18-11-19(27-15-4-5-15)32-20(30-18)13(12-25-32)10-17-21(33)31-23(35)29-17/h10-12,14-16,27H,2-9H2,1H3,(H,26,30)(H,28,34)(H2,29,31,33,35)/b17-10-/t14-,16-. The van der Waals surface area contributed by atoms with Crippen LogP contribution in [0.2, 0.25) is 0 Å². The number of rotatable bonds is 7. The molecule has 0 aromatic carbocycles. The van der Waals surface area contributed by atoms with Gasteiger partial charge in [-0.3, -0.25) is 14.9 Å². The van der Waals surface area contributed by atoms with Crippen LogP contribution in [0.15, 0.2) is 18.0 Å². The van der Waals surface area contributed by atoms with Crippen LogP contribution in [0.3, 0.4) is 0 Å². The number of carbonyl (C=O) groups is 3. The van der Waals surface area contributed by atoms with Gasteiger partial charge in [0.2, 0.25) is 5.91 Å². The van der Waals surface area contributed by atoms with Gasteiger partial charge in [0.15, 0.2) is 5.65 Å². The molecule has 11 heteroatoms. The van der Waals surface area contributed by atoms with Crippen LogP contribution in [0.4, 0.5) is 16.4 Å². The van der Waals surface area contributed by atoms with E-state index in [1.54, 1.807) is 16.8 Å². The fourth-order valence-corrected chi connectivity index (χ4v) is 4.70. The predicted octanol–water partition coefficient (Wildman–Crippen LogP) is 2.12. The van der Waals surface area contributed by atoms with Crippen LogP contribution in [-0.4, -0.2) is 50.6 Å². The molecule has 2 aromatic rings. The average molecular weight is 479 g/mol. The van der Waals surface area contributed by atoms with Gasteiger partial charge in [-0.05, 0) is 57.4 Å². The summed E-state index contributed by atoms with van der Waals surface area (Å²) >= 11 is 0. The van der Waals surface area contributed by atoms with Crippen LogP contribution in [0, 0.1) is 5.41 Å². The zero-order valence-electron chi connectivity index (χ0n) is 19.7. The number of imide groups is 1. The highest BCUT2D eigenvalue weighted by Crippen LogP contribution is 2.45. The van der Waals surface area contributed by atoms with Gasteiger partial charge in [-0.25, -0.2) is 9.78 Å². The summed E-state index contributed by atoms with van der Waals surface area (Å²) in [6, 6.07) is 2.35. The van der Waals surface area contributed by atoms with Crippen LogP contribution in [0.1, 0.15) is 63.9 Å². The molecule has 2 aromatic heterocycles. The van der Waals surface area contributed by atoms with Crippen molar-refractivity contribution in [2.75, 3.05) is 10.6 Å². The van der Waals surface area contributed by atoms with Gasteiger partial charge in [-0.2, -0.15) is 9.61 Å². The summed E-state index contributed by atoms with van der Waals surface area (Å²) in [5.74, 6) is 1.30. The maximum Gasteiger partial charge on any atom is 0.326 e. The summed E-state index contributed by atoms with van der Waals surface area (Å²) in [6.07, 6.45) is 11.2. The van der Waals surface area contributed by atoms with Crippen molar-refractivity contribution in [3.8, 4) is 0 Å². The van der Waals surface area contributed by atoms with E-state index in [-0.39, 0.29) is 29.1 Å². The molecule has 0 bridgehead atoms. The van der Waals surface area contributed by atoms with Gasteiger partial charge >= 0.3 is 6.03 Å². The van der Waals surface area contributed by atoms with Gasteiger partial charge in [0.05, 0.1) is 6.20 Å². The van der Waals surface area contributed by atoms with Crippen molar-refractivity contribution in [3.63, 3.8) is 0 Å². The molecule has 4 amide bonds. The Labute approximate surface area is 202 Å². The molecule has 3 saturated carbocycles. The van der Waals surface area contributed by atoms with Crippen molar-refractivity contribution in [3.05, 3.63) is 23.5 Å². The topological polar surface area (TPSA) is 142 Å². The molecule has 0 atom stereocenters. The lowest BCUT2D eigenvalue weighted by Crippen LogP contribution is -2.42. The SMILES string of the molecule is CC1(C(=O)N[C@H]2CC[C@H](Nc3cc(NC4CC4)n4ncc(/C=C5\NC(=O)NC5=O)c4n3)CC2)CC1. The van der Waals surface area contributed by atoms with E-state index < -0.39 is 11.9 Å². The number of carbonyl (C=O) groups excluding carboxylic acids is 3. The smallest absolute Gasteiger partial charge is 0.326 e. The summed E-state index contributed by atoms with van der Waals surface area (Å²) in [4.78, 5) is 40.7. The van der Waals surface area contributed by atoms with Crippen molar-refractivity contribution in [1.29, 1.82) is 0 Å². The van der Waals surface area contributed by atoms with Crippen LogP contribution >= 0.6 is 0 Å². The molecule has 1 aliphatic heterocycles. The molecular weight excluding hydrogens is 448 g/mol. The molecule has 0 unspecified atom stereocenters. The lowest BCUT2D eigenvalue weighted by atomic mass is 9.90. The van der Waals surface area contributed by atoms with Crippen molar-refractivity contribution >= 4 is 41.2 Å². The number of nitrogens with zero attached hydrogens (tertiary/aromatic N) is 3. The molecule has 4 aliphatic rings. The minimum Gasteiger partial charge on any atom is -0.367 e. The highest BCUT2D eigenvalue weighted by atomic mass is 16.2. The Morgan fingerprint density at radius 1 is 1.06 bits per heavy atom. The Hall–Kier alpha value is -3.63. The highest BCUT2D eigenvalue weighted by Gasteiger charge is 2.45. The number of fused-ring (bicyclic) bond motifs is 1. The van der Waals surface area contributed by atoms with Crippen molar-refractivity contribution in [2.45, 2.75) is 76.4 Å². The third-order valence-corrected chi connectivity index (χ3v) is 7.41. The molecule has 5 N–H and O–H groups in total. The molecule has 6 rings (SSSR count). The van der Waals surface area contributed by atoms with Crippen molar-refractivity contribution in [1.82, 2.24) is 30.5 Å². The number of hydrogen-bond acceptors (Lipinski definition) is 7.